The maximum absolute atomic E-state index is 5.91. The lowest BCUT2D eigenvalue weighted by atomic mass is 9.94. The normalized spacial score (nSPS) is 12.1. The predicted molar refractivity (Wildman–Crippen MR) is 127 cm³/mol. The number of hydrogen-bond acceptors (Lipinski definition) is 3. The monoisotopic (exact) mass is 406 g/mol. The lowest BCUT2D eigenvalue weighted by molar-refractivity contribution is 0.616. The third-order valence-corrected chi connectivity index (χ3v) is 8.02. The molecule has 0 aliphatic heterocycles. The Morgan fingerprint density at radius 2 is 1.41 bits per heavy atom. The Labute approximate surface area is 174 Å². The van der Waals surface area contributed by atoms with E-state index in [-0.39, 0.29) is 0 Å². The molecule has 0 radical (unpaired) electrons. The lowest BCUT2D eigenvalue weighted by Gasteiger charge is -2.09. The van der Waals surface area contributed by atoms with Crippen LogP contribution < -0.4 is 0 Å². The third kappa shape index (κ3) is 2.09. The Morgan fingerprint density at radius 1 is 0.621 bits per heavy atom. The number of hydrogen-bond donors (Lipinski definition) is 0. The second kappa shape index (κ2) is 5.69. The molecular weight excluding hydrogens is 392 g/mol. The van der Waals surface area contributed by atoms with Gasteiger partial charge in [0.15, 0.2) is 0 Å². The van der Waals surface area contributed by atoms with Gasteiger partial charge in [-0.2, -0.15) is 0 Å². The summed E-state index contributed by atoms with van der Waals surface area (Å²) >= 11 is 3.68. The predicted octanol–water partition coefficient (Wildman–Crippen LogP) is 8.84. The summed E-state index contributed by atoms with van der Waals surface area (Å²) in [5.41, 5.74) is 3.49. The van der Waals surface area contributed by atoms with Crippen molar-refractivity contribution in [3.8, 4) is 11.1 Å². The molecule has 136 valence electrons. The van der Waals surface area contributed by atoms with E-state index in [0.29, 0.717) is 0 Å². The first-order valence-electron chi connectivity index (χ1n) is 9.59. The fourth-order valence-corrected chi connectivity index (χ4v) is 6.76. The van der Waals surface area contributed by atoms with E-state index >= 15 is 0 Å². The summed E-state index contributed by atoms with van der Waals surface area (Å²) in [5.74, 6) is 0. The zero-order valence-electron chi connectivity index (χ0n) is 15.3. The Bertz CT molecular complexity index is 1710. The van der Waals surface area contributed by atoms with Gasteiger partial charge in [-0.25, -0.2) is 0 Å². The van der Waals surface area contributed by atoms with Crippen LogP contribution in [0.2, 0.25) is 0 Å². The molecule has 0 spiro atoms. The van der Waals surface area contributed by atoms with Crippen molar-refractivity contribution in [2.45, 2.75) is 0 Å². The third-order valence-electron chi connectivity index (χ3n) is 5.85. The summed E-state index contributed by atoms with van der Waals surface area (Å²) in [4.78, 5) is 0. The molecule has 0 bridgehead atoms. The van der Waals surface area contributed by atoms with Crippen LogP contribution in [0, 0.1) is 0 Å². The topological polar surface area (TPSA) is 13.1 Å². The molecule has 7 rings (SSSR count). The SMILES string of the molecule is c1ccc2c(-c3cc4occc4c4c3ccc3c5ccccc5sc34)csc2c1. The molecule has 0 aliphatic carbocycles. The highest BCUT2D eigenvalue weighted by Crippen LogP contribution is 2.46. The van der Waals surface area contributed by atoms with E-state index in [1.54, 1.807) is 11.3 Å². The van der Waals surface area contributed by atoms with Gasteiger partial charge in [-0.1, -0.05) is 48.5 Å². The highest BCUT2D eigenvalue weighted by atomic mass is 32.1. The quantitative estimate of drug-likeness (QED) is 0.265. The first kappa shape index (κ1) is 15.7. The van der Waals surface area contributed by atoms with Crippen LogP contribution in [-0.2, 0) is 0 Å². The highest BCUT2D eigenvalue weighted by molar-refractivity contribution is 7.26. The average Bonchev–Trinajstić information content (AvgIpc) is 3.48. The van der Waals surface area contributed by atoms with E-state index in [0.717, 1.165) is 5.58 Å². The van der Waals surface area contributed by atoms with Crippen molar-refractivity contribution in [3.63, 3.8) is 0 Å². The van der Waals surface area contributed by atoms with Crippen LogP contribution in [0.1, 0.15) is 0 Å². The van der Waals surface area contributed by atoms with Gasteiger partial charge in [0.25, 0.3) is 0 Å². The molecule has 29 heavy (non-hydrogen) atoms. The maximum Gasteiger partial charge on any atom is 0.135 e. The molecule has 0 amide bonds. The molecule has 3 aromatic heterocycles. The van der Waals surface area contributed by atoms with Gasteiger partial charge in [0, 0.05) is 46.6 Å². The summed E-state index contributed by atoms with van der Waals surface area (Å²) < 4.78 is 9.90. The van der Waals surface area contributed by atoms with E-state index in [9.17, 15) is 0 Å². The Balaban J connectivity index is 1.71. The van der Waals surface area contributed by atoms with Crippen molar-refractivity contribution >= 4 is 74.7 Å². The van der Waals surface area contributed by atoms with Crippen LogP contribution in [0.4, 0.5) is 0 Å². The summed E-state index contributed by atoms with van der Waals surface area (Å²) in [6.45, 7) is 0. The molecular formula is C26H14OS2. The van der Waals surface area contributed by atoms with Crippen LogP contribution in [0.15, 0.2) is 88.9 Å². The molecule has 0 unspecified atom stereocenters. The minimum absolute atomic E-state index is 0.952. The van der Waals surface area contributed by atoms with Gasteiger partial charge in [0.2, 0.25) is 0 Å². The number of furan rings is 1. The molecule has 0 atom stereocenters. The smallest absolute Gasteiger partial charge is 0.135 e. The van der Waals surface area contributed by atoms with Gasteiger partial charge < -0.3 is 4.42 Å². The molecule has 0 saturated heterocycles. The van der Waals surface area contributed by atoms with Crippen LogP contribution in [0.25, 0.3) is 63.1 Å². The van der Waals surface area contributed by atoms with Gasteiger partial charge in [-0.3, -0.25) is 0 Å². The standard InChI is InChI=1S/C26H14OS2/c1-3-7-23-16(6-1)21(14-28-23)20-13-22-19(11-12-27-22)25-17(20)9-10-18-15-5-2-4-8-24(15)29-26(18)25/h1-14H. The van der Waals surface area contributed by atoms with Crippen molar-refractivity contribution in [3.05, 3.63) is 84.4 Å². The van der Waals surface area contributed by atoms with Crippen molar-refractivity contribution in [1.82, 2.24) is 0 Å². The zero-order valence-corrected chi connectivity index (χ0v) is 16.9. The van der Waals surface area contributed by atoms with Gasteiger partial charge in [0.05, 0.1) is 6.26 Å². The van der Waals surface area contributed by atoms with E-state index in [1.807, 2.05) is 17.6 Å². The largest absolute Gasteiger partial charge is 0.464 e. The maximum atomic E-state index is 5.91. The van der Waals surface area contributed by atoms with Crippen LogP contribution >= 0.6 is 22.7 Å². The van der Waals surface area contributed by atoms with Crippen LogP contribution in [0.5, 0.6) is 0 Å². The van der Waals surface area contributed by atoms with Crippen molar-refractivity contribution < 1.29 is 4.42 Å². The van der Waals surface area contributed by atoms with E-state index in [2.05, 4.69) is 78.2 Å². The molecule has 0 saturated carbocycles. The van der Waals surface area contributed by atoms with Crippen molar-refractivity contribution in [2.24, 2.45) is 0 Å². The van der Waals surface area contributed by atoms with Crippen molar-refractivity contribution in [1.29, 1.82) is 0 Å². The highest BCUT2D eigenvalue weighted by Gasteiger charge is 2.17. The summed E-state index contributed by atoms with van der Waals surface area (Å²) in [6.07, 6.45) is 1.81. The van der Waals surface area contributed by atoms with E-state index in [1.165, 1.54) is 57.5 Å². The molecule has 7 aromatic rings. The fourth-order valence-electron chi connectivity index (χ4n) is 4.54. The molecule has 3 heterocycles. The first-order valence-corrected chi connectivity index (χ1v) is 11.3. The summed E-state index contributed by atoms with van der Waals surface area (Å²) in [6, 6.07) is 26.2. The Hall–Kier alpha value is -3.14. The van der Waals surface area contributed by atoms with Gasteiger partial charge in [-0.15, -0.1) is 22.7 Å². The Kier molecular flexibility index (Phi) is 3.09. The lowest BCUT2D eigenvalue weighted by Crippen LogP contribution is -1.82. The van der Waals surface area contributed by atoms with E-state index < -0.39 is 0 Å². The first-order chi connectivity index (χ1) is 14.4. The molecule has 3 heteroatoms. The van der Waals surface area contributed by atoms with Crippen LogP contribution in [0.3, 0.4) is 0 Å². The zero-order chi connectivity index (χ0) is 18.9. The van der Waals surface area contributed by atoms with Crippen molar-refractivity contribution in [2.75, 3.05) is 0 Å². The van der Waals surface area contributed by atoms with Gasteiger partial charge >= 0.3 is 0 Å². The summed E-state index contributed by atoms with van der Waals surface area (Å²) in [5, 5.41) is 10.0. The summed E-state index contributed by atoms with van der Waals surface area (Å²) in [7, 11) is 0. The number of fused-ring (bicyclic) bond motifs is 8. The number of benzene rings is 4. The minimum atomic E-state index is 0.952. The molecule has 1 nitrogen and oxygen atoms in total. The second-order valence-electron chi connectivity index (χ2n) is 7.37. The minimum Gasteiger partial charge on any atom is -0.464 e. The van der Waals surface area contributed by atoms with Gasteiger partial charge in [-0.05, 0) is 40.6 Å². The molecule has 0 N–H and O–H groups in total. The average molecular weight is 407 g/mol. The Morgan fingerprint density at radius 3 is 2.34 bits per heavy atom. The molecule has 0 fully saturated rings. The number of thiophene rings is 2. The van der Waals surface area contributed by atoms with Gasteiger partial charge in [0.1, 0.15) is 5.58 Å². The molecule has 0 aliphatic rings. The second-order valence-corrected chi connectivity index (χ2v) is 9.33. The van der Waals surface area contributed by atoms with Crippen LogP contribution in [-0.4, -0.2) is 0 Å². The fraction of sp³-hybridized carbons (Fsp3) is 0. The number of rotatable bonds is 1. The van der Waals surface area contributed by atoms with E-state index in [4.69, 9.17) is 4.42 Å². The molecule has 4 aromatic carbocycles.